The normalized spacial score (nSPS) is 21.2. The van der Waals surface area contributed by atoms with Crippen molar-refractivity contribution >= 4 is 17.2 Å². The van der Waals surface area contributed by atoms with Gasteiger partial charge in [-0.25, -0.2) is 4.68 Å². The molecule has 0 bridgehead atoms. The Bertz CT molecular complexity index is 1140. The van der Waals surface area contributed by atoms with Gasteiger partial charge in [-0.1, -0.05) is 59.8 Å². The third-order valence-corrected chi connectivity index (χ3v) is 5.16. The van der Waals surface area contributed by atoms with Crippen LogP contribution in [0.5, 0.6) is 5.75 Å². The van der Waals surface area contributed by atoms with Crippen LogP contribution in [0.3, 0.4) is 0 Å². The van der Waals surface area contributed by atoms with Crippen molar-refractivity contribution in [1.82, 2.24) is 15.0 Å². The molecule has 5 rings (SSSR count). The SMILES string of the molecule is COc1ccc(C2(c3ccccc3)OC2C=Cn2nnc3ccccc32)cc1. The van der Waals surface area contributed by atoms with Gasteiger partial charge in [0.25, 0.3) is 0 Å². The number of aromatic nitrogens is 3. The van der Waals surface area contributed by atoms with Crippen molar-refractivity contribution in [2.24, 2.45) is 0 Å². The van der Waals surface area contributed by atoms with Gasteiger partial charge in [0.15, 0.2) is 0 Å². The topological polar surface area (TPSA) is 52.5 Å². The highest BCUT2D eigenvalue weighted by Gasteiger charge is 2.57. The fourth-order valence-electron chi connectivity index (χ4n) is 3.65. The second-order valence-corrected chi connectivity index (χ2v) is 6.73. The summed E-state index contributed by atoms with van der Waals surface area (Å²) in [5.41, 5.74) is 3.55. The molecule has 1 aromatic heterocycles. The molecule has 0 radical (unpaired) electrons. The van der Waals surface area contributed by atoms with Crippen LogP contribution in [-0.4, -0.2) is 28.2 Å². The number of ether oxygens (including phenoxy) is 2. The first kappa shape index (κ1) is 16.7. The Morgan fingerprint density at radius 3 is 2.43 bits per heavy atom. The molecule has 1 saturated heterocycles. The fraction of sp³-hybridized carbons (Fsp3) is 0.130. The van der Waals surface area contributed by atoms with E-state index in [-0.39, 0.29) is 6.10 Å². The largest absolute Gasteiger partial charge is 0.497 e. The Morgan fingerprint density at radius 1 is 0.929 bits per heavy atom. The van der Waals surface area contributed by atoms with Crippen LogP contribution in [-0.2, 0) is 10.3 Å². The molecular formula is C23H19N3O2. The van der Waals surface area contributed by atoms with E-state index < -0.39 is 5.60 Å². The Morgan fingerprint density at radius 2 is 1.64 bits per heavy atom. The summed E-state index contributed by atoms with van der Waals surface area (Å²) in [4.78, 5) is 0. The van der Waals surface area contributed by atoms with E-state index in [1.807, 2.05) is 66.9 Å². The zero-order valence-corrected chi connectivity index (χ0v) is 15.4. The van der Waals surface area contributed by atoms with E-state index >= 15 is 0 Å². The Kier molecular flexibility index (Phi) is 3.95. The number of methoxy groups -OCH3 is 1. The van der Waals surface area contributed by atoms with Gasteiger partial charge in [-0.05, 0) is 41.5 Å². The maximum atomic E-state index is 6.27. The van der Waals surface area contributed by atoms with Crippen molar-refractivity contribution in [1.29, 1.82) is 0 Å². The van der Waals surface area contributed by atoms with Crippen LogP contribution in [0.4, 0.5) is 0 Å². The minimum atomic E-state index is -0.500. The fourth-order valence-corrected chi connectivity index (χ4v) is 3.65. The van der Waals surface area contributed by atoms with E-state index in [0.29, 0.717) is 0 Å². The lowest BCUT2D eigenvalue weighted by molar-refractivity contribution is 0.337. The average molecular weight is 369 g/mol. The molecule has 2 heterocycles. The summed E-state index contributed by atoms with van der Waals surface area (Å²) in [5.74, 6) is 0.828. The van der Waals surface area contributed by atoms with Gasteiger partial charge >= 0.3 is 0 Å². The number of hydrogen-bond donors (Lipinski definition) is 0. The van der Waals surface area contributed by atoms with Gasteiger partial charge in [-0.3, -0.25) is 0 Å². The molecule has 138 valence electrons. The molecule has 0 spiro atoms. The van der Waals surface area contributed by atoms with Gasteiger partial charge < -0.3 is 9.47 Å². The van der Waals surface area contributed by atoms with Crippen LogP contribution < -0.4 is 4.74 Å². The van der Waals surface area contributed by atoms with Gasteiger partial charge in [-0.15, -0.1) is 5.10 Å². The third-order valence-electron chi connectivity index (χ3n) is 5.16. The molecule has 0 saturated carbocycles. The Balaban J connectivity index is 1.51. The van der Waals surface area contributed by atoms with Crippen molar-refractivity contribution < 1.29 is 9.47 Å². The molecule has 0 aliphatic carbocycles. The molecule has 2 atom stereocenters. The number of para-hydroxylation sites is 1. The monoisotopic (exact) mass is 369 g/mol. The van der Waals surface area contributed by atoms with Gasteiger partial charge in [0.05, 0.1) is 12.6 Å². The first-order valence-corrected chi connectivity index (χ1v) is 9.17. The third kappa shape index (κ3) is 2.68. The number of nitrogens with zero attached hydrogens (tertiary/aromatic N) is 3. The van der Waals surface area contributed by atoms with Crippen molar-refractivity contribution in [3.8, 4) is 5.75 Å². The standard InChI is InChI=1S/C23H19N3O2/c1-27-19-13-11-18(12-14-19)23(17-7-3-2-4-8-17)22(28-23)15-16-26-21-10-6-5-9-20(21)24-25-26/h2-16,22H,1H3. The Labute approximate surface area is 162 Å². The predicted octanol–water partition coefficient (Wildman–Crippen LogP) is 4.25. The van der Waals surface area contributed by atoms with Crippen molar-refractivity contribution in [3.63, 3.8) is 0 Å². The average Bonchev–Trinajstić information content (AvgIpc) is 3.36. The van der Waals surface area contributed by atoms with E-state index in [4.69, 9.17) is 9.47 Å². The zero-order valence-electron chi connectivity index (χ0n) is 15.4. The van der Waals surface area contributed by atoms with Crippen molar-refractivity contribution in [2.75, 3.05) is 7.11 Å². The first-order chi connectivity index (χ1) is 13.8. The van der Waals surface area contributed by atoms with E-state index in [2.05, 4.69) is 34.6 Å². The number of hydrogen-bond acceptors (Lipinski definition) is 4. The van der Waals surface area contributed by atoms with Gasteiger partial charge in [0, 0.05) is 6.20 Å². The summed E-state index contributed by atoms with van der Waals surface area (Å²) in [6, 6.07) is 26.2. The van der Waals surface area contributed by atoms with Crippen LogP contribution in [0.15, 0.2) is 84.9 Å². The van der Waals surface area contributed by atoms with Crippen LogP contribution >= 0.6 is 0 Å². The molecule has 3 aromatic carbocycles. The highest BCUT2D eigenvalue weighted by atomic mass is 16.6. The summed E-state index contributed by atoms with van der Waals surface area (Å²) in [6.07, 6.45) is 3.87. The van der Waals surface area contributed by atoms with E-state index in [0.717, 1.165) is 27.9 Å². The summed E-state index contributed by atoms with van der Waals surface area (Å²) in [6.45, 7) is 0. The van der Waals surface area contributed by atoms with Crippen LogP contribution in [0, 0.1) is 0 Å². The highest BCUT2D eigenvalue weighted by Crippen LogP contribution is 2.52. The number of fused-ring (bicyclic) bond motifs is 1. The highest BCUT2D eigenvalue weighted by molar-refractivity contribution is 5.75. The smallest absolute Gasteiger partial charge is 0.149 e. The van der Waals surface area contributed by atoms with Crippen molar-refractivity contribution in [3.05, 3.63) is 96.1 Å². The number of benzene rings is 3. The van der Waals surface area contributed by atoms with E-state index in [9.17, 15) is 0 Å². The van der Waals surface area contributed by atoms with Crippen LogP contribution in [0.2, 0.25) is 0 Å². The van der Waals surface area contributed by atoms with E-state index in [1.165, 1.54) is 0 Å². The molecule has 4 aromatic rings. The number of epoxide rings is 1. The molecule has 1 fully saturated rings. The zero-order chi connectivity index (χ0) is 19.0. The first-order valence-electron chi connectivity index (χ1n) is 9.17. The Hall–Kier alpha value is -3.44. The molecule has 1 aliphatic heterocycles. The molecule has 1 aliphatic rings. The molecule has 5 heteroatoms. The summed E-state index contributed by atoms with van der Waals surface area (Å²) >= 11 is 0. The maximum Gasteiger partial charge on any atom is 0.149 e. The minimum Gasteiger partial charge on any atom is -0.497 e. The van der Waals surface area contributed by atoms with Gasteiger partial charge in [0.2, 0.25) is 0 Å². The summed E-state index contributed by atoms with van der Waals surface area (Å²) < 4.78 is 13.3. The van der Waals surface area contributed by atoms with Gasteiger partial charge in [-0.2, -0.15) is 0 Å². The quantitative estimate of drug-likeness (QED) is 0.494. The van der Waals surface area contributed by atoms with Crippen LogP contribution in [0.25, 0.3) is 17.2 Å². The summed E-state index contributed by atoms with van der Waals surface area (Å²) in [5, 5.41) is 8.41. The van der Waals surface area contributed by atoms with Crippen molar-refractivity contribution in [2.45, 2.75) is 11.7 Å². The molecule has 0 amide bonds. The molecular weight excluding hydrogens is 350 g/mol. The lowest BCUT2D eigenvalue weighted by atomic mass is 9.88. The van der Waals surface area contributed by atoms with Gasteiger partial charge in [0.1, 0.15) is 23.0 Å². The molecule has 28 heavy (non-hydrogen) atoms. The van der Waals surface area contributed by atoms with Crippen LogP contribution in [0.1, 0.15) is 11.1 Å². The molecule has 0 N–H and O–H groups in total. The molecule has 5 nitrogen and oxygen atoms in total. The second kappa shape index (κ2) is 6.62. The van der Waals surface area contributed by atoms with E-state index in [1.54, 1.807) is 11.8 Å². The minimum absolute atomic E-state index is 0.0914. The lowest BCUT2D eigenvalue weighted by Gasteiger charge is -2.14. The maximum absolute atomic E-state index is 6.27. The second-order valence-electron chi connectivity index (χ2n) is 6.73. The number of rotatable bonds is 5. The predicted molar refractivity (Wildman–Crippen MR) is 108 cm³/mol. The lowest BCUT2D eigenvalue weighted by Crippen LogP contribution is -2.14. The molecule has 2 unspecified atom stereocenters. The summed E-state index contributed by atoms with van der Waals surface area (Å²) in [7, 11) is 1.67.